The van der Waals surface area contributed by atoms with Crippen LogP contribution in [0.5, 0.6) is 5.75 Å². The molecule has 0 N–H and O–H groups in total. The van der Waals surface area contributed by atoms with Gasteiger partial charge in [0, 0.05) is 37.3 Å². The molecule has 170 valence electrons. The Morgan fingerprint density at radius 1 is 1.12 bits per heavy atom. The smallest absolute Gasteiger partial charge is 0.312 e. The number of benzene rings is 2. The first kappa shape index (κ1) is 22.5. The number of hydrogen-bond donors (Lipinski definition) is 0. The zero-order valence-corrected chi connectivity index (χ0v) is 18.9. The lowest BCUT2D eigenvalue weighted by molar-refractivity contribution is -0.386. The highest BCUT2D eigenvalue weighted by Crippen LogP contribution is 2.50. The zero-order chi connectivity index (χ0) is 23.1. The average Bonchev–Trinajstić information content (AvgIpc) is 3.60. The van der Waals surface area contributed by atoms with Crippen LogP contribution < -0.4 is 4.74 Å². The molecule has 9 nitrogen and oxygen atoms in total. The van der Waals surface area contributed by atoms with E-state index >= 15 is 0 Å². The fraction of sp³-hybridized carbons (Fsp3) is 0.381. The lowest BCUT2D eigenvalue weighted by atomic mass is 9.94. The molecule has 0 unspecified atom stereocenters. The second-order valence-corrected chi connectivity index (χ2v) is 10.3. The van der Waals surface area contributed by atoms with Crippen molar-refractivity contribution in [2.75, 3.05) is 33.3 Å². The highest BCUT2D eigenvalue weighted by molar-refractivity contribution is 7.89. The number of nitrogens with zero attached hydrogens (tertiary/aromatic N) is 3. The number of hydrogen-bond acceptors (Lipinski definition) is 6. The number of piperazine rings is 1. The number of nitro groups is 1. The van der Waals surface area contributed by atoms with Crippen molar-refractivity contribution in [2.24, 2.45) is 0 Å². The van der Waals surface area contributed by atoms with Crippen molar-refractivity contribution in [3.05, 3.63) is 63.2 Å². The summed E-state index contributed by atoms with van der Waals surface area (Å²) < 4.78 is 32.3. The van der Waals surface area contributed by atoms with Gasteiger partial charge in [-0.15, -0.1) is 0 Å². The van der Waals surface area contributed by atoms with Crippen LogP contribution in [0.2, 0.25) is 5.02 Å². The van der Waals surface area contributed by atoms with Crippen LogP contribution >= 0.6 is 11.6 Å². The summed E-state index contributed by atoms with van der Waals surface area (Å²) in [5.41, 5.74) is -0.113. The van der Waals surface area contributed by atoms with Crippen LogP contribution in [-0.2, 0) is 20.2 Å². The van der Waals surface area contributed by atoms with Gasteiger partial charge in [-0.2, -0.15) is 4.31 Å². The topological polar surface area (TPSA) is 110 Å². The monoisotopic (exact) mass is 479 g/mol. The maximum Gasteiger partial charge on any atom is 0.312 e. The van der Waals surface area contributed by atoms with Crippen molar-refractivity contribution < 1.29 is 22.9 Å². The van der Waals surface area contributed by atoms with Gasteiger partial charge >= 0.3 is 5.69 Å². The summed E-state index contributed by atoms with van der Waals surface area (Å²) >= 11 is 6.10. The zero-order valence-electron chi connectivity index (χ0n) is 17.4. The van der Waals surface area contributed by atoms with E-state index in [1.54, 1.807) is 11.0 Å². The highest BCUT2D eigenvalue weighted by atomic mass is 35.5. The standard InChI is InChI=1S/C21H22ClN3O6S/c1-31-19-6-5-17(14-18(19)25(27)28)32(29,30)24-11-9-23(10-12-24)20(26)21(7-8-21)15-3-2-4-16(22)13-15/h2-6,13-14H,7-12H2,1H3. The van der Waals surface area contributed by atoms with Gasteiger partial charge in [0.1, 0.15) is 0 Å². The molecule has 1 saturated carbocycles. The molecule has 0 spiro atoms. The van der Waals surface area contributed by atoms with Crippen molar-refractivity contribution in [2.45, 2.75) is 23.2 Å². The second kappa shape index (κ2) is 8.34. The molecule has 0 aromatic heterocycles. The summed E-state index contributed by atoms with van der Waals surface area (Å²) in [6, 6.07) is 10.9. The quantitative estimate of drug-likeness (QED) is 0.465. The van der Waals surface area contributed by atoms with E-state index in [0.29, 0.717) is 5.02 Å². The normalized spacial score (nSPS) is 18.2. The number of amides is 1. The van der Waals surface area contributed by atoms with Crippen LogP contribution in [0.3, 0.4) is 0 Å². The van der Waals surface area contributed by atoms with Crippen LogP contribution in [0.4, 0.5) is 5.69 Å². The van der Waals surface area contributed by atoms with E-state index in [9.17, 15) is 23.3 Å². The maximum atomic E-state index is 13.2. The largest absolute Gasteiger partial charge is 0.490 e. The number of rotatable bonds is 6. The van der Waals surface area contributed by atoms with E-state index in [1.807, 2.05) is 18.2 Å². The predicted octanol–water partition coefficient (Wildman–Crippen LogP) is 2.82. The van der Waals surface area contributed by atoms with Crippen LogP contribution in [0.15, 0.2) is 47.4 Å². The van der Waals surface area contributed by atoms with Crippen LogP contribution in [0, 0.1) is 10.1 Å². The fourth-order valence-corrected chi connectivity index (χ4v) is 5.73. The number of sulfonamides is 1. The number of halogens is 1. The Morgan fingerprint density at radius 3 is 2.38 bits per heavy atom. The van der Waals surface area contributed by atoms with E-state index in [2.05, 4.69) is 0 Å². The van der Waals surface area contributed by atoms with Crippen molar-refractivity contribution in [1.82, 2.24) is 9.21 Å². The van der Waals surface area contributed by atoms with Crippen molar-refractivity contribution in [3.8, 4) is 5.75 Å². The molecule has 1 aliphatic carbocycles. The van der Waals surface area contributed by atoms with Gasteiger partial charge in [0.15, 0.2) is 5.75 Å². The Morgan fingerprint density at radius 2 is 1.81 bits per heavy atom. The Labute approximate surface area is 190 Å². The van der Waals surface area contributed by atoms with Crippen LogP contribution in [0.25, 0.3) is 0 Å². The second-order valence-electron chi connectivity index (χ2n) is 7.88. The third kappa shape index (κ3) is 3.94. The minimum absolute atomic E-state index is 0.0138. The SMILES string of the molecule is COc1ccc(S(=O)(=O)N2CCN(C(=O)C3(c4cccc(Cl)c4)CC3)CC2)cc1[N+](=O)[O-]. The van der Waals surface area contributed by atoms with E-state index < -0.39 is 26.0 Å². The number of ether oxygens (including phenoxy) is 1. The van der Waals surface area contributed by atoms with Crippen molar-refractivity contribution in [1.29, 1.82) is 0 Å². The molecule has 0 bridgehead atoms. The third-order valence-corrected chi connectivity index (χ3v) is 8.18. The molecule has 0 atom stereocenters. The van der Waals surface area contributed by atoms with E-state index in [-0.39, 0.29) is 42.7 Å². The third-order valence-electron chi connectivity index (χ3n) is 6.05. The number of carbonyl (C=O) groups is 1. The first-order valence-corrected chi connectivity index (χ1v) is 11.9. The molecule has 11 heteroatoms. The van der Waals surface area contributed by atoms with Crippen molar-refractivity contribution >= 4 is 33.2 Å². The summed E-state index contributed by atoms with van der Waals surface area (Å²) in [5.74, 6) is -0.0305. The van der Waals surface area contributed by atoms with Gasteiger partial charge in [0.25, 0.3) is 0 Å². The van der Waals surface area contributed by atoms with E-state index in [0.717, 1.165) is 24.5 Å². The lowest BCUT2D eigenvalue weighted by Gasteiger charge is -2.36. The van der Waals surface area contributed by atoms with Gasteiger partial charge < -0.3 is 9.64 Å². The van der Waals surface area contributed by atoms with Crippen LogP contribution in [0.1, 0.15) is 18.4 Å². The Bertz CT molecular complexity index is 1170. The Kier molecular flexibility index (Phi) is 5.87. The summed E-state index contributed by atoms with van der Waals surface area (Å²) in [7, 11) is -2.67. The molecule has 1 amide bonds. The highest BCUT2D eigenvalue weighted by Gasteiger charge is 2.53. The number of carbonyl (C=O) groups excluding carboxylic acids is 1. The molecule has 1 saturated heterocycles. The first-order chi connectivity index (χ1) is 15.2. The minimum atomic E-state index is -3.95. The van der Waals surface area contributed by atoms with Gasteiger partial charge in [-0.05, 0) is 42.7 Å². The van der Waals surface area contributed by atoms with Gasteiger partial charge in [0.2, 0.25) is 15.9 Å². The van der Waals surface area contributed by atoms with Gasteiger partial charge in [-0.25, -0.2) is 8.42 Å². The number of nitro benzene ring substituents is 1. The molecule has 1 heterocycles. The number of methoxy groups -OCH3 is 1. The Hall–Kier alpha value is -2.69. The molecular formula is C21H22ClN3O6S. The maximum absolute atomic E-state index is 13.2. The molecule has 1 aliphatic heterocycles. The summed E-state index contributed by atoms with van der Waals surface area (Å²) in [4.78, 5) is 25.3. The fourth-order valence-electron chi connectivity index (χ4n) is 4.09. The molecule has 2 aromatic rings. The minimum Gasteiger partial charge on any atom is -0.490 e. The lowest BCUT2D eigenvalue weighted by Crippen LogP contribution is -2.52. The van der Waals surface area contributed by atoms with E-state index in [4.69, 9.17) is 16.3 Å². The molecular weight excluding hydrogens is 458 g/mol. The van der Waals surface area contributed by atoms with Crippen molar-refractivity contribution in [3.63, 3.8) is 0 Å². The molecule has 0 radical (unpaired) electrons. The molecule has 2 aliphatic rings. The van der Waals surface area contributed by atoms with E-state index in [1.165, 1.54) is 23.5 Å². The Balaban J connectivity index is 1.48. The predicted molar refractivity (Wildman–Crippen MR) is 117 cm³/mol. The van der Waals surface area contributed by atoms with Gasteiger partial charge in [-0.3, -0.25) is 14.9 Å². The molecule has 32 heavy (non-hydrogen) atoms. The summed E-state index contributed by atoms with van der Waals surface area (Å²) in [6.45, 7) is 0.719. The molecule has 2 aromatic carbocycles. The summed E-state index contributed by atoms with van der Waals surface area (Å²) in [6.07, 6.45) is 1.47. The van der Waals surface area contributed by atoms with Crippen LogP contribution in [-0.4, -0.2) is 61.7 Å². The summed E-state index contributed by atoms with van der Waals surface area (Å²) in [5, 5.41) is 11.8. The first-order valence-electron chi connectivity index (χ1n) is 10.1. The van der Waals surface area contributed by atoms with Gasteiger partial charge in [-0.1, -0.05) is 23.7 Å². The molecule has 4 rings (SSSR count). The molecule has 2 fully saturated rings. The average molecular weight is 480 g/mol. The van der Waals surface area contributed by atoms with Gasteiger partial charge in [0.05, 0.1) is 22.3 Å².